The first kappa shape index (κ1) is 10.1. The maximum absolute atomic E-state index is 11.0. The molecule has 0 bridgehead atoms. The fraction of sp³-hybridized carbons (Fsp3) is 0.250. The van der Waals surface area contributed by atoms with Gasteiger partial charge < -0.3 is 14.8 Å². The molecular formula is C8H10N2O4. The van der Waals surface area contributed by atoms with Gasteiger partial charge in [0.2, 0.25) is 0 Å². The number of amides is 1. The number of ether oxygens (including phenoxy) is 1. The number of nitrogens with zero attached hydrogens (tertiary/aromatic N) is 1. The number of carbonyl (C=O) groups excluding carboxylic acids is 1. The number of carbonyl (C=O) groups is 1. The molecular weight excluding hydrogens is 188 g/mol. The predicted molar refractivity (Wildman–Crippen MR) is 46.2 cm³/mol. The summed E-state index contributed by atoms with van der Waals surface area (Å²) in [4.78, 5) is 15.4. The molecule has 1 rings (SSSR count). The number of pyridine rings is 1. The fourth-order valence-electron chi connectivity index (χ4n) is 0.746. The van der Waals surface area contributed by atoms with Crippen LogP contribution in [0.1, 0.15) is 6.92 Å². The Morgan fingerprint density at radius 3 is 3.07 bits per heavy atom. The topological polar surface area (TPSA) is 74.5 Å². The lowest BCUT2D eigenvalue weighted by Gasteiger charge is -2.05. The van der Waals surface area contributed by atoms with E-state index in [0.717, 1.165) is 0 Å². The molecule has 0 unspecified atom stereocenters. The zero-order valence-electron chi connectivity index (χ0n) is 7.60. The summed E-state index contributed by atoms with van der Waals surface area (Å²) >= 11 is 0. The Morgan fingerprint density at radius 1 is 1.64 bits per heavy atom. The van der Waals surface area contributed by atoms with Crippen molar-refractivity contribution in [2.75, 3.05) is 6.61 Å². The summed E-state index contributed by atoms with van der Waals surface area (Å²) in [6.45, 7) is 1.90. The van der Waals surface area contributed by atoms with Crippen LogP contribution in [0.5, 0.6) is 5.88 Å². The van der Waals surface area contributed by atoms with Gasteiger partial charge in [-0.15, -0.1) is 10.2 Å². The van der Waals surface area contributed by atoms with Crippen LogP contribution >= 0.6 is 0 Å². The molecule has 14 heavy (non-hydrogen) atoms. The molecule has 0 fully saturated rings. The van der Waals surface area contributed by atoms with Gasteiger partial charge in [0.1, 0.15) is 0 Å². The van der Waals surface area contributed by atoms with Crippen molar-refractivity contribution in [3.63, 3.8) is 0 Å². The van der Waals surface area contributed by atoms with E-state index in [0.29, 0.717) is 4.73 Å². The molecule has 6 nitrogen and oxygen atoms in total. The summed E-state index contributed by atoms with van der Waals surface area (Å²) in [5, 5.41) is 11.0. The second-order valence-electron chi connectivity index (χ2n) is 2.29. The number of hydroxylamine groups is 1. The van der Waals surface area contributed by atoms with Crippen molar-refractivity contribution in [1.29, 1.82) is 0 Å². The Labute approximate surface area is 80.6 Å². The Balaban J connectivity index is 2.46. The molecule has 1 heterocycles. The minimum Gasteiger partial charge on any atom is -0.616 e. The van der Waals surface area contributed by atoms with E-state index in [9.17, 15) is 10.0 Å². The second-order valence-corrected chi connectivity index (χ2v) is 2.29. The normalized spacial score (nSPS) is 9.21. The molecule has 0 atom stereocenters. The molecule has 0 aliphatic heterocycles. The summed E-state index contributed by atoms with van der Waals surface area (Å²) in [7, 11) is 0. The lowest BCUT2D eigenvalue weighted by atomic mass is 10.5. The minimum absolute atomic E-state index is 0.0273. The average molecular weight is 198 g/mol. The van der Waals surface area contributed by atoms with Crippen LogP contribution in [-0.4, -0.2) is 12.7 Å². The van der Waals surface area contributed by atoms with Gasteiger partial charge in [0.25, 0.3) is 0 Å². The molecule has 0 saturated carbocycles. The van der Waals surface area contributed by atoms with Gasteiger partial charge in [-0.2, -0.15) is 0 Å². The molecule has 0 aliphatic rings. The van der Waals surface area contributed by atoms with E-state index >= 15 is 0 Å². The second kappa shape index (κ2) is 4.90. The summed E-state index contributed by atoms with van der Waals surface area (Å²) in [6.07, 6.45) is 0.513. The van der Waals surface area contributed by atoms with Crippen LogP contribution in [-0.2, 0) is 4.74 Å². The summed E-state index contributed by atoms with van der Waals surface area (Å²) < 4.78 is 5.00. The van der Waals surface area contributed by atoms with Crippen molar-refractivity contribution < 1.29 is 19.1 Å². The Morgan fingerprint density at radius 2 is 2.43 bits per heavy atom. The maximum Gasteiger partial charge on any atom is 0.440 e. The minimum atomic E-state index is -0.739. The highest BCUT2D eigenvalue weighted by molar-refractivity contribution is 5.65. The van der Waals surface area contributed by atoms with E-state index in [4.69, 9.17) is 0 Å². The SMILES string of the molecule is CCOC(=O)NOc1cccc[n+]1[O-]. The third-order valence-electron chi connectivity index (χ3n) is 1.30. The van der Waals surface area contributed by atoms with Gasteiger partial charge in [0.05, 0.1) is 12.7 Å². The van der Waals surface area contributed by atoms with E-state index in [2.05, 4.69) is 9.57 Å². The highest BCUT2D eigenvalue weighted by Gasteiger charge is 2.07. The number of rotatable bonds is 3. The summed E-state index contributed by atoms with van der Waals surface area (Å²) in [5.41, 5.74) is 1.96. The zero-order chi connectivity index (χ0) is 10.4. The molecule has 0 radical (unpaired) electrons. The number of aromatic nitrogens is 1. The lowest BCUT2D eigenvalue weighted by molar-refractivity contribution is -0.614. The Hall–Kier alpha value is -1.98. The lowest BCUT2D eigenvalue weighted by Crippen LogP contribution is -2.35. The third-order valence-corrected chi connectivity index (χ3v) is 1.30. The van der Waals surface area contributed by atoms with E-state index in [1.165, 1.54) is 12.3 Å². The van der Waals surface area contributed by atoms with Gasteiger partial charge in [0.15, 0.2) is 6.20 Å². The van der Waals surface area contributed by atoms with Gasteiger partial charge in [-0.05, 0) is 13.0 Å². The molecule has 1 aromatic heterocycles. The predicted octanol–water partition coefficient (Wildman–Crippen LogP) is 0.360. The van der Waals surface area contributed by atoms with Crippen LogP contribution in [0.3, 0.4) is 0 Å². The van der Waals surface area contributed by atoms with Crippen molar-refractivity contribution in [3.05, 3.63) is 29.6 Å². The van der Waals surface area contributed by atoms with E-state index in [1.807, 2.05) is 5.48 Å². The smallest absolute Gasteiger partial charge is 0.440 e. The summed E-state index contributed by atoms with van der Waals surface area (Å²) in [5.74, 6) is -0.0273. The van der Waals surface area contributed by atoms with E-state index in [-0.39, 0.29) is 12.5 Å². The first-order valence-electron chi connectivity index (χ1n) is 4.02. The van der Waals surface area contributed by atoms with Crippen molar-refractivity contribution in [3.8, 4) is 5.88 Å². The van der Waals surface area contributed by atoms with Crippen LogP contribution in [0.25, 0.3) is 0 Å². The Kier molecular flexibility index (Phi) is 3.54. The van der Waals surface area contributed by atoms with Crippen LogP contribution in [0.4, 0.5) is 4.79 Å². The zero-order valence-corrected chi connectivity index (χ0v) is 7.60. The van der Waals surface area contributed by atoms with E-state index < -0.39 is 6.09 Å². The summed E-state index contributed by atoms with van der Waals surface area (Å²) in [6, 6.07) is 4.57. The number of hydrogen-bond acceptors (Lipinski definition) is 4. The van der Waals surface area contributed by atoms with Gasteiger partial charge in [-0.1, -0.05) is 0 Å². The molecule has 1 N–H and O–H groups in total. The first-order chi connectivity index (χ1) is 6.74. The molecule has 1 amide bonds. The molecule has 0 spiro atoms. The van der Waals surface area contributed by atoms with Crippen LogP contribution in [0.15, 0.2) is 24.4 Å². The molecule has 6 heteroatoms. The first-order valence-corrected chi connectivity index (χ1v) is 4.02. The number of nitrogens with one attached hydrogen (secondary N) is 1. The van der Waals surface area contributed by atoms with Crippen molar-refractivity contribution in [2.24, 2.45) is 0 Å². The Bertz CT molecular complexity index is 316. The van der Waals surface area contributed by atoms with Crippen molar-refractivity contribution in [2.45, 2.75) is 6.92 Å². The standard InChI is InChI=1S/C8H10N2O4/c1-2-13-8(11)9-14-7-5-3-4-6-10(7)12/h3-6H,2H2,1H3,(H,9,11). The molecule has 1 aromatic rings. The van der Waals surface area contributed by atoms with Gasteiger partial charge in [0, 0.05) is 6.07 Å². The van der Waals surface area contributed by atoms with Crippen LogP contribution in [0, 0.1) is 5.21 Å². The quantitative estimate of drug-likeness (QED) is 0.432. The maximum atomic E-state index is 11.0. The van der Waals surface area contributed by atoms with Gasteiger partial charge in [-0.3, -0.25) is 0 Å². The molecule has 0 saturated heterocycles. The fourth-order valence-corrected chi connectivity index (χ4v) is 0.746. The molecule has 0 aliphatic carbocycles. The third kappa shape index (κ3) is 2.81. The monoisotopic (exact) mass is 198 g/mol. The van der Waals surface area contributed by atoms with E-state index in [1.54, 1.807) is 19.1 Å². The highest BCUT2D eigenvalue weighted by atomic mass is 16.7. The largest absolute Gasteiger partial charge is 0.616 e. The average Bonchev–Trinajstić information content (AvgIpc) is 2.17. The highest BCUT2D eigenvalue weighted by Crippen LogP contribution is 1.98. The van der Waals surface area contributed by atoms with Gasteiger partial charge >= 0.3 is 12.0 Å². The van der Waals surface area contributed by atoms with Crippen LogP contribution in [0.2, 0.25) is 0 Å². The number of hydrogen-bond donors (Lipinski definition) is 1. The van der Waals surface area contributed by atoms with Gasteiger partial charge in [-0.25, -0.2) is 4.79 Å². The molecule has 76 valence electrons. The molecule has 0 aromatic carbocycles. The van der Waals surface area contributed by atoms with Crippen molar-refractivity contribution in [1.82, 2.24) is 5.48 Å². The van der Waals surface area contributed by atoms with Crippen molar-refractivity contribution >= 4 is 6.09 Å². The van der Waals surface area contributed by atoms with Crippen LogP contribution < -0.4 is 15.0 Å².